The van der Waals surface area contributed by atoms with E-state index in [1.54, 1.807) is 0 Å². The molecule has 1 atom stereocenters. The Kier molecular flexibility index (Phi) is 6.44. The molecule has 1 aromatic heterocycles. The molecule has 1 amide bonds. The van der Waals surface area contributed by atoms with E-state index in [0.29, 0.717) is 22.3 Å². The van der Waals surface area contributed by atoms with Crippen molar-refractivity contribution in [2.75, 3.05) is 0 Å². The van der Waals surface area contributed by atoms with Crippen molar-refractivity contribution in [3.63, 3.8) is 0 Å². The van der Waals surface area contributed by atoms with E-state index in [0.717, 1.165) is 22.9 Å². The third-order valence-corrected chi connectivity index (χ3v) is 5.48. The van der Waals surface area contributed by atoms with Gasteiger partial charge in [-0.1, -0.05) is 90.9 Å². The molecule has 32 heavy (non-hydrogen) atoms. The highest BCUT2D eigenvalue weighted by atomic mass is 16.1. The van der Waals surface area contributed by atoms with Crippen LogP contribution in [-0.4, -0.2) is 10.9 Å². The molecule has 6 nitrogen and oxygen atoms in total. The van der Waals surface area contributed by atoms with Crippen LogP contribution >= 0.6 is 0 Å². The number of para-hydroxylation sites is 1. The molecule has 1 heterocycles. The van der Waals surface area contributed by atoms with E-state index in [1.165, 1.54) is 0 Å². The maximum atomic E-state index is 13.7. The molecule has 0 aliphatic rings. The van der Waals surface area contributed by atoms with Crippen LogP contribution in [0.1, 0.15) is 40.9 Å². The van der Waals surface area contributed by atoms with Gasteiger partial charge in [0.2, 0.25) is 0 Å². The van der Waals surface area contributed by atoms with Crippen molar-refractivity contribution in [2.24, 2.45) is 5.11 Å². The Morgan fingerprint density at radius 2 is 1.66 bits per heavy atom. The smallest absolute Gasteiger partial charge is 0.252 e. The first-order chi connectivity index (χ1) is 15.7. The predicted molar refractivity (Wildman–Crippen MR) is 127 cm³/mol. The second-order valence-electron chi connectivity index (χ2n) is 7.43. The van der Waals surface area contributed by atoms with Crippen molar-refractivity contribution in [1.82, 2.24) is 10.3 Å². The summed E-state index contributed by atoms with van der Waals surface area (Å²) in [5, 5.41) is 7.71. The summed E-state index contributed by atoms with van der Waals surface area (Å²) in [5.41, 5.74) is 13.4. The molecule has 4 aromatic rings. The molecule has 0 unspecified atom stereocenters. The molecule has 0 fully saturated rings. The van der Waals surface area contributed by atoms with Crippen LogP contribution in [0.25, 0.3) is 32.6 Å². The molecule has 6 heteroatoms. The first-order valence-electron chi connectivity index (χ1n) is 10.6. The standard InChI is InChI=1S/C26H23N5O/c1-2-22(18-11-5-3-6-12-18)30-26(32)24-20-15-9-10-16-23(20)29-25(21(24)17-28-31-27)19-13-7-4-8-14-19/h3-16,22H,2,17H2,1H3,(H,30,32)/t22-/m1/s1. The number of fused-ring (bicyclic) bond motifs is 1. The number of carbonyl (C=O) groups excluding carboxylic acids is 1. The molecule has 1 N–H and O–H groups in total. The number of nitrogens with zero attached hydrogens (tertiary/aromatic N) is 4. The largest absolute Gasteiger partial charge is 0.345 e. The van der Waals surface area contributed by atoms with E-state index in [1.807, 2.05) is 91.9 Å². The van der Waals surface area contributed by atoms with E-state index >= 15 is 0 Å². The van der Waals surface area contributed by atoms with Crippen LogP contribution in [0.2, 0.25) is 0 Å². The number of azide groups is 1. The molecule has 3 aromatic carbocycles. The Bertz CT molecular complexity index is 1280. The number of amides is 1. The zero-order valence-electron chi connectivity index (χ0n) is 17.8. The third-order valence-electron chi connectivity index (χ3n) is 5.48. The normalized spacial score (nSPS) is 11.5. The van der Waals surface area contributed by atoms with E-state index in [-0.39, 0.29) is 18.5 Å². The van der Waals surface area contributed by atoms with Crippen molar-refractivity contribution in [2.45, 2.75) is 25.9 Å². The van der Waals surface area contributed by atoms with Gasteiger partial charge in [0.25, 0.3) is 5.91 Å². The van der Waals surface area contributed by atoms with Crippen molar-refractivity contribution in [3.05, 3.63) is 112 Å². The van der Waals surface area contributed by atoms with E-state index in [4.69, 9.17) is 10.5 Å². The quantitative estimate of drug-likeness (QED) is 0.207. The summed E-state index contributed by atoms with van der Waals surface area (Å²) in [5.74, 6) is -0.209. The van der Waals surface area contributed by atoms with E-state index < -0.39 is 0 Å². The van der Waals surface area contributed by atoms with Gasteiger partial charge >= 0.3 is 0 Å². The third kappa shape index (κ3) is 4.31. The number of hydrogen-bond acceptors (Lipinski definition) is 3. The van der Waals surface area contributed by atoms with Crippen molar-refractivity contribution in [1.29, 1.82) is 0 Å². The number of rotatable bonds is 7. The lowest BCUT2D eigenvalue weighted by atomic mass is 9.95. The van der Waals surface area contributed by atoms with Crippen LogP contribution in [0.15, 0.2) is 90.0 Å². The van der Waals surface area contributed by atoms with Crippen LogP contribution in [0.5, 0.6) is 0 Å². The summed E-state index contributed by atoms with van der Waals surface area (Å²) < 4.78 is 0. The number of pyridine rings is 1. The van der Waals surface area contributed by atoms with Crippen molar-refractivity contribution < 1.29 is 4.79 Å². The Balaban J connectivity index is 1.90. The van der Waals surface area contributed by atoms with Crippen LogP contribution in [0.3, 0.4) is 0 Å². The lowest BCUT2D eigenvalue weighted by Crippen LogP contribution is -2.29. The fourth-order valence-electron chi connectivity index (χ4n) is 3.94. The topological polar surface area (TPSA) is 90.8 Å². The number of aromatic nitrogens is 1. The van der Waals surface area contributed by atoms with Gasteiger partial charge < -0.3 is 5.32 Å². The zero-order chi connectivity index (χ0) is 22.3. The summed E-state index contributed by atoms with van der Waals surface area (Å²) in [6.45, 7) is 2.07. The van der Waals surface area contributed by atoms with Gasteiger partial charge in [0, 0.05) is 15.9 Å². The van der Waals surface area contributed by atoms with Gasteiger partial charge in [-0.3, -0.25) is 4.79 Å². The monoisotopic (exact) mass is 421 g/mol. The number of hydrogen-bond donors (Lipinski definition) is 1. The molecular formula is C26H23N5O. The molecule has 4 rings (SSSR count). The first-order valence-corrected chi connectivity index (χ1v) is 10.6. The summed E-state index contributed by atoms with van der Waals surface area (Å²) in [6, 6.07) is 27.0. The Morgan fingerprint density at radius 1 is 1.00 bits per heavy atom. The average molecular weight is 422 g/mol. The van der Waals surface area contributed by atoms with Gasteiger partial charge in [0.15, 0.2) is 0 Å². The lowest BCUT2D eigenvalue weighted by Gasteiger charge is -2.21. The van der Waals surface area contributed by atoms with Crippen LogP contribution in [-0.2, 0) is 6.54 Å². The fraction of sp³-hybridized carbons (Fsp3) is 0.154. The van der Waals surface area contributed by atoms with Crippen molar-refractivity contribution in [3.8, 4) is 11.3 Å². The minimum Gasteiger partial charge on any atom is -0.345 e. The maximum Gasteiger partial charge on any atom is 0.252 e. The van der Waals surface area contributed by atoms with E-state index in [9.17, 15) is 4.79 Å². The van der Waals surface area contributed by atoms with Gasteiger partial charge in [-0.2, -0.15) is 0 Å². The van der Waals surface area contributed by atoms with Crippen LogP contribution in [0.4, 0.5) is 0 Å². The van der Waals surface area contributed by atoms with Gasteiger partial charge in [-0.25, -0.2) is 4.98 Å². The lowest BCUT2D eigenvalue weighted by molar-refractivity contribution is 0.0936. The number of benzene rings is 3. The SMILES string of the molecule is CC[C@@H](NC(=O)c1c(CN=[N+]=[N-])c(-c2ccccc2)nc2ccccc12)c1ccccc1. The molecule has 0 aliphatic heterocycles. The van der Waals surface area contributed by atoms with Gasteiger partial charge in [-0.05, 0) is 29.1 Å². The second-order valence-corrected chi connectivity index (χ2v) is 7.43. The van der Waals surface area contributed by atoms with Gasteiger partial charge in [0.05, 0.1) is 29.4 Å². The maximum absolute atomic E-state index is 13.7. The molecule has 0 saturated carbocycles. The van der Waals surface area contributed by atoms with Gasteiger partial charge in [-0.15, -0.1) is 0 Å². The molecule has 158 valence electrons. The second kappa shape index (κ2) is 9.77. The summed E-state index contributed by atoms with van der Waals surface area (Å²) in [4.78, 5) is 21.5. The number of carbonyl (C=O) groups is 1. The average Bonchev–Trinajstić information content (AvgIpc) is 2.86. The Hall–Kier alpha value is -4.15. The first kappa shape index (κ1) is 21.1. The molecule has 0 bridgehead atoms. The summed E-state index contributed by atoms with van der Waals surface area (Å²) in [6.07, 6.45) is 0.746. The summed E-state index contributed by atoms with van der Waals surface area (Å²) >= 11 is 0. The highest BCUT2D eigenvalue weighted by molar-refractivity contribution is 6.09. The highest BCUT2D eigenvalue weighted by Gasteiger charge is 2.23. The number of nitrogens with one attached hydrogen (secondary N) is 1. The highest BCUT2D eigenvalue weighted by Crippen LogP contribution is 2.31. The van der Waals surface area contributed by atoms with Gasteiger partial charge in [0.1, 0.15) is 0 Å². The minimum absolute atomic E-state index is 0.0312. The summed E-state index contributed by atoms with van der Waals surface area (Å²) in [7, 11) is 0. The van der Waals surface area contributed by atoms with Crippen molar-refractivity contribution >= 4 is 16.8 Å². The predicted octanol–water partition coefficient (Wildman–Crippen LogP) is 6.59. The molecular weight excluding hydrogens is 398 g/mol. The minimum atomic E-state index is -0.209. The molecule has 0 spiro atoms. The molecule has 0 saturated heterocycles. The van der Waals surface area contributed by atoms with Crippen LogP contribution in [0, 0.1) is 0 Å². The van der Waals surface area contributed by atoms with E-state index in [2.05, 4.69) is 15.3 Å². The fourth-order valence-corrected chi connectivity index (χ4v) is 3.94. The molecule has 0 radical (unpaired) electrons. The van der Waals surface area contributed by atoms with Crippen LogP contribution < -0.4 is 5.32 Å². The zero-order valence-corrected chi connectivity index (χ0v) is 17.8. The Morgan fingerprint density at radius 3 is 2.34 bits per heavy atom. The molecule has 0 aliphatic carbocycles. The Labute approximate surface area is 186 Å².